The SMILES string of the molecule is COP(C)(=O)OC1CCC(C(=O)NCCCCC(C(=O)NCCCCCC(=O)NCCOCCON)N(CC(=O)NCCCCCC(=O)NCCOCCON)CC(=O)NCCCCCC(=O)NCCOCCON)CC1. The third kappa shape index (κ3) is 40.8. The number of nitrogens with zero attached hydrogens (tertiary/aromatic N) is 1. The second kappa shape index (κ2) is 48.0. The van der Waals surface area contributed by atoms with E-state index in [2.05, 4.69) is 51.7 Å². The number of hydrogen-bond acceptors (Lipinski definition) is 20. The number of amides is 7. The van der Waals surface area contributed by atoms with Gasteiger partial charge in [0.15, 0.2) is 0 Å². The Bertz CT molecular complexity index is 1600. The fraction of sp³-hybridized carbons (Fsp3) is 0.857. The first-order valence-corrected chi connectivity index (χ1v) is 29.4. The van der Waals surface area contributed by atoms with E-state index >= 15 is 0 Å². The lowest BCUT2D eigenvalue weighted by Gasteiger charge is -2.30. The van der Waals surface area contributed by atoms with Crippen molar-refractivity contribution in [3.8, 4) is 0 Å². The van der Waals surface area contributed by atoms with Crippen molar-refractivity contribution in [2.75, 3.05) is 132 Å². The highest BCUT2D eigenvalue weighted by Gasteiger charge is 2.31. The Morgan fingerprint density at radius 2 is 0.870 bits per heavy atom. The monoisotopic (exact) mass is 1130 g/mol. The topological polar surface area (TPSA) is 376 Å². The molecule has 0 aromatic rings. The average molecular weight is 1130 g/mol. The van der Waals surface area contributed by atoms with Crippen LogP contribution in [0.4, 0.5) is 0 Å². The van der Waals surface area contributed by atoms with Gasteiger partial charge in [-0.3, -0.25) is 43.0 Å². The van der Waals surface area contributed by atoms with Crippen molar-refractivity contribution in [1.82, 2.24) is 42.1 Å². The molecule has 28 heteroatoms. The van der Waals surface area contributed by atoms with Crippen molar-refractivity contribution in [2.24, 2.45) is 23.6 Å². The van der Waals surface area contributed by atoms with E-state index in [1.165, 1.54) is 13.8 Å². The molecule has 0 aliphatic heterocycles. The molecular weight excluding hydrogens is 1030 g/mol. The highest BCUT2D eigenvalue weighted by atomic mass is 31.2. The summed E-state index contributed by atoms with van der Waals surface area (Å²) in [6.45, 7) is 6.03. The Morgan fingerprint density at radius 3 is 1.29 bits per heavy atom. The predicted octanol–water partition coefficient (Wildman–Crippen LogP) is 0.0873. The van der Waals surface area contributed by atoms with E-state index in [-0.39, 0.29) is 92.7 Å². The molecule has 2 unspecified atom stereocenters. The molecule has 0 saturated heterocycles. The minimum Gasteiger partial charge on any atom is -0.377 e. The van der Waals surface area contributed by atoms with Crippen LogP contribution in [-0.4, -0.2) is 191 Å². The van der Waals surface area contributed by atoms with Crippen LogP contribution in [0.5, 0.6) is 0 Å². The lowest BCUT2D eigenvalue weighted by Crippen LogP contribution is -2.53. The normalized spacial score (nSPS) is 15.5. The van der Waals surface area contributed by atoms with Crippen LogP contribution in [0, 0.1) is 5.92 Å². The zero-order chi connectivity index (χ0) is 56.6. The fourth-order valence-corrected chi connectivity index (χ4v) is 8.87. The van der Waals surface area contributed by atoms with Gasteiger partial charge < -0.3 is 75.0 Å². The van der Waals surface area contributed by atoms with Gasteiger partial charge >= 0.3 is 7.60 Å². The van der Waals surface area contributed by atoms with Crippen LogP contribution in [0.25, 0.3) is 0 Å². The molecule has 27 nitrogen and oxygen atoms in total. The standard InChI is InChI=1S/C49H96N11O16P/c1-69-77(2,68)76-41-20-18-40(19-21-41)48(66)58-25-13-9-14-42(49(67)59-24-12-5-8-17-45(63)57-28-31-72-34-37-75-52)60(38-46(64)53-22-10-3-6-15-43(61)55-26-29-70-32-35-73-50)39-47(65)54-23-11-4-7-16-44(62)56-27-30-71-33-36-74-51/h40-42H,3-39,50-52H2,1-2H3,(H,53,64)(H,54,65)(H,55,61)(H,56,62)(H,57,63)(H,58,66)(H,59,67). The minimum absolute atomic E-state index is 0.0850. The summed E-state index contributed by atoms with van der Waals surface area (Å²) in [7, 11) is -1.80. The summed E-state index contributed by atoms with van der Waals surface area (Å²) in [4.78, 5) is 106. The number of nitrogens with two attached hydrogens (primary N) is 3. The Morgan fingerprint density at radius 1 is 0.481 bits per heavy atom. The van der Waals surface area contributed by atoms with Crippen LogP contribution >= 0.6 is 7.60 Å². The first-order valence-electron chi connectivity index (χ1n) is 27.4. The van der Waals surface area contributed by atoms with E-state index in [0.717, 1.165) is 0 Å². The number of hydrogen-bond donors (Lipinski definition) is 10. The van der Waals surface area contributed by atoms with Crippen LogP contribution in [0.2, 0.25) is 0 Å². The number of carbonyl (C=O) groups is 7. The van der Waals surface area contributed by atoms with E-state index in [0.29, 0.717) is 201 Å². The molecule has 0 heterocycles. The maximum absolute atomic E-state index is 14.1. The van der Waals surface area contributed by atoms with Crippen molar-refractivity contribution < 1.29 is 75.9 Å². The second-order valence-electron chi connectivity index (χ2n) is 18.7. The number of rotatable bonds is 51. The molecular formula is C49H96N11O16P. The predicted molar refractivity (Wildman–Crippen MR) is 286 cm³/mol. The Labute approximate surface area is 455 Å². The van der Waals surface area contributed by atoms with Crippen molar-refractivity contribution in [2.45, 2.75) is 134 Å². The maximum Gasteiger partial charge on any atom is 0.327 e. The van der Waals surface area contributed by atoms with Gasteiger partial charge in [0.05, 0.1) is 84.7 Å². The van der Waals surface area contributed by atoms with Crippen LogP contribution in [-0.2, 0) is 75.9 Å². The maximum atomic E-state index is 14.1. The second-order valence-corrected chi connectivity index (χ2v) is 20.8. The largest absolute Gasteiger partial charge is 0.377 e. The summed E-state index contributed by atoms with van der Waals surface area (Å²) in [6.07, 6.45) is 9.91. The van der Waals surface area contributed by atoms with Crippen molar-refractivity contribution in [3.63, 3.8) is 0 Å². The van der Waals surface area contributed by atoms with Gasteiger partial charge in [0.25, 0.3) is 0 Å². The zero-order valence-electron chi connectivity index (χ0n) is 46.1. The molecule has 77 heavy (non-hydrogen) atoms. The minimum atomic E-state index is -3.14. The summed E-state index contributed by atoms with van der Waals surface area (Å²) in [6, 6.07) is -0.889. The molecule has 0 aromatic heterocycles. The Balaban J connectivity index is 2.95. The van der Waals surface area contributed by atoms with Crippen molar-refractivity contribution in [1.29, 1.82) is 0 Å². The molecule has 448 valence electrons. The van der Waals surface area contributed by atoms with Gasteiger partial charge in [-0.05, 0) is 83.5 Å². The van der Waals surface area contributed by atoms with Crippen molar-refractivity contribution in [3.05, 3.63) is 0 Å². The van der Waals surface area contributed by atoms with Crippen LogP contribution in [0.3, 0.4) is 0 Å². The molecule has 0 radical (unpaired) electrons. The third-order valence-corrected chi connectivity index (χ3v) is 13.6. The van der Waals surface area contributed by atoms with E-state index in [1.54, 1.807) is 4.90 Å². The highest BCUT2D eigenvalue weighted by molar-refractivity contribution is 7.52. The number of carbonyl (C=O) groups excluding carboxylic acids is 7. The fourth-order valence-electron chi connectivity index (χ4n) is 8.03. The molecule has 0 aromatic carbocycles. The van der Waals surface area contributed by atoms with Gasteiger partial charge in [-0.1, -0.05) is 19.3 Å². The number of ether oxygens (including phenoxy) is 3. The molecule has 13 N–H and O–H groups in total. The summed E-state index contributed by atoms with van der Waals surface area (Å²) in [5.41, 5.74) is 0. The van der Waals surface area contributed by atoms with E-state index in [4.69, 9.17) is 40.9 Å². The van der Waals surface area contributed by atoms with Gasteiger partial charge in [0.1, 0.15) is 0 Å². The Hall–Kier alpha value is -3.96. The smallest absolute Gasteiger partial charge is 0.327 e. The van der Waals surface area contributed by atoms with E-state index in [1.807, 2.05) is 0 Å². The lowest BCUT2D eigenvalue weighted by atomic mass is 9.87. The zero-order valence-corrected chi connectivity index (χ0v) is 46.9. The van der Waals surface area contributed by atoms with Gasteiger partial charge in [0.2, 0.25) is 41.4 Å². The van der Waals surface area contributed by atoms with Gasteiger partial charge in [-0.15, -0.1) is 0 Å². The average Bonchev–Trinajstić information content (AvgIpc) is 3.40. The molecule has 1 aliphatic rings. The molecule has 0 bridgehead atoms. The highest BCUT2D eigenvalue weighted by Crippen LogP contribution is 2.46. The van der Waals surface area contributed by atoms with E-state index in [9.17, 15) is 38.1 Å². The molecule has 0 spiro atoms. The van der Waals surface area contributed by atoms with Crippen LogP contribution < -0.4 is 54.9 Å². The van der Waals surface area contributed by atoms with Gasteiger partial charge in [0, 0.05) is 84.8 Å². The summed E-state index contributed by atoms with van der Waals surface area (Å²) >= 11 is 0. The van der Waals surface area contributed by atoms with E-state index < -0.39 is 13.6 Å². The third-order valence-electron chi connectivity index (χ3n) is 12.3. The molecule has 2 atom stereocenters. The summed E-state index contributed by atoms with van der Waals surface area (Å²) in [5, 5.41) is 20.2. The molecule has 1 aliphatic carbocycles. The first kappa shape index (κ1) is 71.1. The molecule has 1 saturated carbocycles. The number of nitrogens with one attached hydrogen (secondary N) is 7. The van der Waals surface area contributed by atoms with Gasteiger partial charge in [-0.2, -0.15) is 0 Å². The van der Waals surface area contributed by atoms with Crippen molar-refractivity contribution >= 4 is 48.9 Å². The Kier molecular flexibility index (Phi) is 44.3. The summed E-state index contributed by atoms with van der Waals surface area (Å²) < 4.78 is 38.8. The van der Waals surface area contributed by atoms with Crippen LogP contribution in [0.1, 0.15) is 122 Å². The molecule has 1 fully saturated rings. The quantitative estimate of drug-likeness (QED) is 0.0219. The first-order chi connectivity index (χ1) is 37.2. The summed E-state index contributed by atoms with van der Waals surface area (Å²) in [5.74, 6) is 13.2. The number of unbranched alkanes of at least 4 members (excludes halogenated alkanes) is 7. The van der Waals surface area contributed by atoms with Crippen LogP contribution in [0.15, 0.2) is 0 Å². The van der Waals surface area contributed by atoms with Gasteiger partial charge in [-0.25, -0.2) is 17.7 Å². The lowest BCUT2D eigenvalue weighted by molar-refractivity contribution is -0.132. The molecule has 7 amide bonds. The molecule has 1 rings (SSSR count).